The van der Waals surface area contributed by atoms with Crippen LogP contribution in [0.1, 0.15) is 31.2 Å². The quantitative estimate of drug-likeness (QED) is 0.583. The van der Waals surface area contributed by atoms with Crippen LogP contribution in [-0.2, 0) is 11.3 Å². The molecule has 0 aromatic carbocycles. The van der Waals surface area contributed by atoms with Gasteiger partial charge < -0.3 is 4.90 Å². The lowest BCUT2D eigenvalue weighted by Gasteiger charge is -2.15. The summed E-state index contributed by atoms with van der Waals surface area (Å²) in [6.45, 7) is 0.602. The molecule has 0 fully saturated rings. The summed E-state index contributed by atoms with van der Waals surface area (Å²) < 4.78 is 0. The molecule has 86 valence electrons. The van der Waals surface area contributed by atoms with Crippen LogP contribution in [0.2, 0.25) is 0 Å². The van der Waals surface area contributed by atoms with Crippen molar-refractivity contribution in [2.45, 2.75) is 32.2 Å². The molecule has 0 saturated carbocycles. The minimum atomic E-state index is 0.151. The summed E-state index contributed by atoms with van der Waals surface area (Å²) in [4.78, 5) is 13.4. The van der Waals surface area contributed by atoms with Crippen LogP contribution in [0.3, 0.4) is 0 Å². The van der Waals surface area contributed by atoms with Crippen LogP contribution in [0.5, 0.6) is 0 Å². The van der Waals surface area contributed by atoms with Crippen molar-refractivity contribution in [3.8, 4) is 12.3 Å². The summed E-state index contributed by atoms with van der Waals surface area (Å²) in [5.74, 6) is 2.72. The van der Waals surface area contributed by atoms with Crippen molar-refractivity contribution >= 4 is 5.91 Å². The van der Waals surface area contributed by atoms with E-state index in [2.05, 4.69) is 16.1 Å². The fourth-order valence-electron chi connectivity index (χ4n) is 1.42. The zero-order chi connectivity index (χ0) is 11.8. The highest BCUT2D eigenvalue weighted by atomic mass is 16.2. The summed E-state index contributed by atoms with van der Waals surface area (Å²) in [6, 6.07) is 0. The Labute approximate surface area is 96.0 Å². The molecule has 0 saturated heterocycles. The first-order chi connectivity index (χ1) is 7.74. The third-order valence-corrected chi connectivity index (χ3v) is 2.36. The highest BCUT2D eigenvalue weighted by Crippen LogP contribution is 2.05. The smallest absolute Gasteiger partial charge is 0.222 e. The number of rotatable bonds is 6. The zero-order valence-corrected chi connectivity index (χ0v) is 9.57. The van der Waals surface area contributed by atoms with Gasteiger partial charge in [0.25, 0.3) is 0 Å². The van der Waals surface area contributed by atoms with E-state index in [1.807, 2.05) is 0 Å². The third-order valence-electron chi connectivity index (χ3n) is 2.36. The maximum atomic E-state index is 11.7. The molecule has 0 spiro atoms. The lowest BCUT2D eigenvalue weighted by Crippen LogP contribution is -2.25. The highest BCUT2D eigenvalue weighted by molar-refractivity contribution is 5.75. The first-order valence-electron chi connectivity index (χ1n) is 5.39. The summed E-state index contributed by atoms with van der Waals surface area (Å²) in [5, 5.41) is 6.56. The Morgan fingerprint density at radius 2 is 2.44 bits per heavy atom. The van der Waals surface area contributed by atoms with E-state index in [1.165, 1.54) is 0 Å². The predicted octanol–water partition coefficient (Wildman–Crippen LogP) is 1.56. The topological polar surface area (TPSA) is 49.0 Å². The number of hydrogen-bond donors (Lipinski definition) is 1. The average molecular weight is 219 g/mol. The van der Waals surface area contributed by atoms with Gasteiger partial charge in [-0.3, -0.25) is 9.89 Å². The van der Waals surface area contributed by atoms with E-state index < -0.39 is 0 Å². The van der Waals surface area contributed by atoms with Gasteiger partial charge in [-0.15, -0.1) is 12.3 Å². The number of hydrogen-bond acceptors (Lipinski definition) is 2. The van der Waals surface area contributed by atoms with Gasteiger partial charge in [-0.2, -0.15) is 5.10 Å². The van der Waals surface area contributed by atoms with Crippen molar-refractivity contribution in [2.24, 2.45) is 0 Å². The molecule has 1 N–H and O–H groups in total. The molecule has 1 aromatic heterocycles. The number of aromatic amines is 1. The SMILES string of the molecule is C#CCCCCC(=O)N(C)Cc1cn[nH]c1. The van der Waals surface area contributed by atoms with E-state index in [1.54, 1.807) is 24.3 Å². The van der Waals surface area contributed by atoms with E-state index in [0.717, 1.165) is 24.8 Å². The van der Waals surface area contributed by atoms with E-state index in [0.29, 0.717) is 13.0 Å². The predicted molar refractivity (Wildman–Crippen MR) is 62.4 cm³/mol. The molecule has 4 heteroatoms. The van der Waals surface area contributed by atoms with Crippen molar-refractivity contribution in [1.82, 2.24) is 15.1 Å². The van der Waals surface area contributed by atoms with Crippen LogP contribution >= 0.6 is 0 Å². The minimum absolute atomic E-state index is 0.151. The number of carbonyl (C=O) groups is 1. The van der Waals surface area contributed by atoms with Crippen molar-refractivity contribution in [3.05, 3.63) is 18.0 Å². The van der Waals surface area contributed by atoms with Gasteiger partial charge in [0.15, 0.2) is 0 Å². The van der Waals surface area contributed by atoms with Crippen LogP contribution in [-0.4, -0.2) is 28.1 Å². The van der Waals surface area contributed by atoms with Gasteiger partial charge in [0.1, 0.15) is 0 Å². The van der Waals surface area contributed by atoms with Crippen molar-refractivity contribution in [1.29, 1.82) is 0 Å². The number of nitrogens with zero attached hydrogens (tertiary/aromatic N) is 2. The van der Waals surface area contributed by atoms with Crippen LogP contribution < -0.4 is 0 Å². The number of aromatic nitrogens is 2. The second kappa shape index (κ2) is 6.67. The summed E-state index contributed by atoms with van der Waals surface area (Å²) in [5.41, 5.74) is 1.01. The number of H-pyrrole nitrogens is 1. The van der Waals surface area contributed by atoms with Gasteiger partial charge in [-0.05, 0) is 12.8 Å². The Morgan fingerprint density at radius 1 is 1.62 bits per heavy atom. The molecule has 0 aliphatic heterocycles. The molecule has 16 heavy (non-hydrogen) atoms. The lowest BCUT2D eigenvalue weighted by molar-refractivity contribution is -0.130. The average Bonchev–Trinajstić information content (AvgIpc) is 2.76. The fourth-order valence-corrected chi connectivity index (χ4v) is 1.42. The van der Waals surface area contributed by atoms with Crippen LogP contribution in [0.25, 0.3) is 0 Å². The first-order valence-corrected chi connectivity index (χ1v) is 5.39. The Bertz CT molecular complexity index is 351. The maximum absolute atomic E-state index is 11.7. The van der Waals surface area contributed by atoms with Gasteiger partial charge in [0.2, 0.25) is 5.91 Å². The van der Waals surface area contributed by atoms with Crippen molar-refractivity contribution < 1.29 is 4.79 Å². The van der Waals surface area contributed by atoms with E-state index in [-0.39, 0.29) is 5.91 Å². The molecule has 1 amide bonds. The zero-order valence-electron chi connectivity index (χ0n) is 9.57. The Kier molecular flexibility index (Phi) is 5.13. The number of carbonyl (C=O) groups excluding carboxylic acids is 1. The minimum Gasteiger partial charge on any atom is -0.341 e. The molecular weight excluding hydrogens is 202 g/mol. The fraction of sp³-hybridized carbons (Fsp3) is 0.500. The number of terminal acetylenes is 1. The largest absolute Gasteiger partial charge is 0.341 e. The third kappa shape index (κ3) is 4.18. The summed E-state index contributed by atoms with van der Waals surface area (Å²) in [6.07, 6.45) is 11.8. The molecule has 4 nitrogen and oxygen atoms in total. The van der Waals surface area contributed by atoms with Crippen molar-refractivity contribution in [3.63, 3.8) is 0 Å². The number of amides is 1. The normalized spacial score (nSPS) is 9.75. The Balaban J connectivity index is 2.23. The maximum Gasteiger partial charge on any atom is 0.222 e. The molecule has 0 bridgehead atoms. The summed E-state index contributed by atoms with van der Waals surface area (Å²) in [7, 11) is 1.80. The molecule has 0 aliphatic rings. The van der Waals surface area contributed by atoms with Crippen LogP contribution in [0.4, 0.5) is 0 Å². The van der Waals surface area contributed by atoms with E-state index in [9.17, 15) is 4.79 Å². The molecule has 0 unspecified atom stereocenters. The van der Waals surface area contributed by atoms with Gasteiger partial charge in [-0.25, -0.2) is 0 Å². The Morgan fingerprint density at radius 3 is 3.06 bits per heavy atom. The van der Waals surface area contributed by atoms with E-state index in [4.69, 9.17) is 6.42 Å². The first kappa shape index (κ1) is 12.3. The molecule has 1 aromatic rings. The van der Waals surface area contributed by atoms with Gasteiger partial charge in [0.05, 0.1) is 6.20 Å². The molecule has 0 aliphatic carbocycles. The molecule has 1 rings (SSSR count). The molecule has 1 heterocycles. The monoisotopic (exact) mass is 219 g/mol. The second-order valence-corrected chi connectivity index (χ2v) is 3.77. The summed E-state index contributed by atoms with van der Waals surface area (Å²) >= 11 is 0. The number of nitrogens with one attached hydrogen (secondary N) is 1. The highest BCUT2D eigenvalue weighted by Gasteiger charge is 2.08. The van der Waals surface area contributed by atoms with Gasteiger partial charge >= 0.3 is 0 Å². The standard InChI is InChI=1S/C12H17N3O/c1-3-4-5-6-7-12(16)15(2)10-11-8-13-14-9-11/h1,8-9H,4-7,10H2,2H3,(H,13,14). The van der Waals surface area contributed by atoms with Gasteiger partial charge in [0, 0.05) is 38.2 Å². The Hall–Kier alpha value is -1.76. The van der Waals surface area contributed by atoms with E-state index >= 15 is 0 Å². The molecule has 0 radical (unpaired) electrons. The lowest BCUT2D eigenvalue weighted by atomic mass is 10.2. The number of unbranched alkanes of at least 4 members (excludes halogenated alkanes) is 2. The molecule has 0 atom stereocenters. The van der Waals surface area contributed by atoms with Crippen molar-refractivity contribution in [2.75, 3.05) is 7.05 Å². The van der Waals surface area contributed by atoms with Crippen LogP contribution in [0.15, 0.2) is 12.4 Å². The van der Waals surface area contributed by atoms with Crippen LogP contribution in [0, 0.1) is 12.3 Å². The second-order valence-electron chi connectivity index (χ2n) is 3.77. The molecular formula is C12H17N3O. The van der Waals surface area contributed by atoms with Gasteiger partial charge in [-0.1, -0.05) is 0 Å².